The Morgan fingerprint density at radius 2 is 2.16 bits per heavy atom. The van der Waals surface area contributed by atoms with Crippen LogP contribution in [0.25, 0.3) is 0 Å². The summed E-state index contributed by atoms with van der Waals surface area (Å²) in [5.74, 6) is -0.777. The quantitative estimate of drug-likeness (QED) is 0.695. The fourth-order valence-electron chi connectivity index (χ4n) is 1.78. The van der Waals surface area contributed by atoms with Crippen LogP contribution in [-0.4, -0.2) is 28.9 Å². The molecule has 3 N–H and O–H groups in total. The molecule has 19 heavy (non-hydrogen) atoms. The van der Waals surface area contributed by atoms with Crippen molar-refractivity contribution in [2.75, 3.05) is 5.32 Å². The zero-order valence-electron chi connectivity index (χ0n) is 10.6. The SMILES string of the molecule is Cc1nc(C)c(NC(=O)NC2CCC(=O)NC2=O)s1. The second-order valence-corrected chi connectivity index (χ2v) is 5.45. The summed E-state index contributed by atoms with van der Waals surface area (Å²) < 4.78 is 0. The van der Waals surface area contributed by atoms with Crippen LogP contribution in [0.5, 0.6) is 0 Å². The summed E-state index contributed by atoms with van der Waals surface area (Å²) in [5.41, 5.74) is 0.737. The number of amides is 4. The normalized spacial score (nSPS) is 18.9. The second-order valence-electron chi connectivity index (χ2n) is 4.25. The zero-order valence-corrected chi connectivity index (χ0v) is 11.4. The Kier molecular flexibility index (Phi) is 3.79. The number of hydrogen-bond acceptors (Lipinski definition) is 5. The number of thiazole rings is 1. The van der Waals surface area contributed by atoms with Crippen molar-refractivity contribution in [3.8, 4) is 0 Å². The van der Waals surface area contributed by atoms with E-state index in [0.717, 1.165) is 10.7 Å². The lowest BCUT2D eigenvalue weighted by Crippen LogP contribution is -2.53. The van der Waals surface area contributed by atoms with E-state index >= 15 is 0 Å². The van der Waals surface area contributed by atoms with Crippen molar-refractivity contribution in [3.63, 3.8) is 0 Å². The lowest BCUT2D eigenvalue weighted by Gasteiger charge is -2.21. The van der Waals surface area contributed by atoms with Gasteiger partial charge in [0.05, 0.1) is 10.7 Å². The average molecular weight is 282 g/mol. The number of carbonyl (C=O) groups is 3. The first-order chi connectivity index (χ1) is 8.95. The molecule has 1 saturated heterocycles. The van der Waals surface area contributed by atoms with Gasteiger partial charge in [0.2, 0.25) is 11.8 Å². The maximum absolute atomic E-state index is 11.8. The first-order valence-electron chi connectivity index (χ1n) is 5.81. The standard InChI is InChI=1S/C11H14N4O3S/c1-5-10(19-6(2)12-5)15-11(18)13-7-3-4-8(16)14-9(7)17/h7H,3-4H2,1-2H3,(H2,13,15,18)(H,14,16,17). The molecule has 1 unspecified atom stereocenters. The number of nitrogens with zero attached hydrogens (tertiary/aromatic N) is 1. The minimum Gasteiger partial charge on any atom is -0.326 e. The van der Waals surface area contributed by atoms with Gasteiger partial charge in [0.15, 0.2) is 0 Å². The van der Waals surface area contributed by atoms with Crippen LogP contribution in [0.1, 0.15) is 23.5 Å². The highest BCUT2D eigenvalue weighted by Gasteiger charge is 2.27. The predicted octanol–water partition coefficient (Wildman–Crippen LogP) is 0.687. The van der Waals surface area contributed by atoms with Gasteiger partial charge in [-0.1, -0.05) is 0 Å². The third kappa shape index (κ3) is 3.28. The fourth-order valence-corrected chi connectivity index (χ4v) is 2.59. The molecule has 102 valence electrons. The van der Waals surface area contributed by atoms with Gasteiger partial charge in [0, 0.05) is 6.42 Å². The van der Waals surface area contributed by atoms with Crippen LogP contribution < -0.4 is 16.0 Å². The van der Waals surface area contributed by atoms with E-state index < -0.39 is 18.0 Å². The van der Waals surface area contributed by atoms with E-state index in [9.17, 15) is 14.4 Å². The van der Waals surface area contributed by atoms with Crippen molar-refractivity contribution in [1.82, 2.24) is 15.6 Å². The van der Waals surface area contributed by atoms with Crippen LogP contribution in [0.3, 0.4) is 0 Å². The van der Waals surface area contributed by atoms with Gasteiger partial charge in [-0.25, -0.2) is 9.78 Å². The Morgan fingerprint density at radius 3 is 2.74 bits per heavy atom. The van der Waals surface area contributed by atoms with Crippen molar-refractivity contribution >= 4 is 34.2 Å². The molecule has 2 rings (SSSR count). The molecular weight excluding hydrogens is 268 g/mol. The van der Waals surface area contributed by atoms with E-state index in [-0.39, 0.29) is 12.3 Å². The highest BCUT2D eigenvalue weighted by molar-refractivity contribution is 7.16. The highest BCUT2D eigenvalue weighted by atomic mass is 32.1. The minimum atomic E-state index is -0.674. The van der Waals surface area contributed by atoms with Gasteiger partial charge in [-0.15, -0.1) is 11.3 Å². The largest absolute Gasteiger partial charge is 0.326 e. The number of piperidine rings is 1. The molecule has 1 fully saturated rings. The third-order valence-electron chi connectivity index (χ3n) is 2.68. The van der Waals surface area contributed by atoms with Crippen molar-refractivity contribution < 1.29 is 14.4 Å². The van der Waals surface area contributed by atoms with Crippen molar-refractivity contribution in [2.45, 2.75) is 32.7 Å². The van der Waals surface area contributed by atoms with E-state index in [4.69, 9.17) is 0 Å². The van der Waals surface area contributed by atoms with Gasteiger partial charge in [0.1, 0.15) is 11.0 Å². The van der Waals surface area contributed by atoms with E-state index in [1.165, 1.54) is 11.3 Å². The van der Waals surface area contributed by atoms with E-state index in [1.54, 1.807) is 6.92 Å². The van der Waals surface area contributed by atoms with Crippen molar-refractivity contribution in [1.29, 1.82) is 0 Å². The smallest absolute Gasteiger partial charge is 0.320 e. The molecule has 1 aliphatic rings. The minimum absolute atomic E-state index is 0.232. The average Bonchev–Trinajstić information content (AvgIpc) is 2.61. The first kappa shape index (κ1) is 13.5. The highest BCUT2D eigenvalue weighted by Crippen LogP contribution is 2.22. The molecule has 0 bridgehead atoms. The van der Waals surface area contributed by atoms with Crippen LogP contribution in [0, 0.1) is 13.8 Å². The summed E-state index contributed by atoms with van der Waals surface area (Å²) in [7, 11) is 0. The number of aryl methyl sites for hydroxylation is 2. The molecular formula is C11H14N4O3S. The lowest BCUT2D eigenvalue weighted by molar-refractivity contribution is -0.134. The van der Waals surface area contributed by atoms with Crippen LogP contribution >= 0.6 is 11.3 Å². The summed E-state index contributed by atoms with van der Waals surface area (Å²) in [6.45, 7) is 3.64. The summed E-state index contributed by atoms with van der Waals surface area (Å²) in [4.78, 5) is 38.4. The maximum Gasteiger partial charge on any atom is 0.320 e. The molecule has 2 heterocycles. The summed E-state index contributed by atoms with van der Waals surface area (Å²) in [6, 6.07) is -1.15. The van der Waals surface area contributed by atoms with Crippen LogP contribution in [0.15, 0.2) is 0 Å². The molecule has 1 aliphatic heterocycles. The number of urea groups is 1. The molecule has 0 radical (unpaired) electrons. The lowest BCUT2D eigenvalue weighted by atomic mass is 10.1. The first-order valence-corrected chi connectivity index (χ1v) is 6.62. The summed E-state index contributed by atoms with van der Waals surface area (Å²) >= 11 is 1.37. The Labute approximate surface area is 113 Å². The molecule has 1 atom stereocenters. The number of aromatic nitrogens is 1. The monoisotopic (exact) mass is 282 g/mol. The molecule has 7 nitrogen and oxygen atoms in total. The zero-order chi connectivity index (χ0) is 14.0. The van der Waals surface area contributed by atoms with Gasteiger partial charge in [-0.2, -0.15) is 0 Å². The van der Waals surface area contributed by atoms with Crippen LogP contribution in [-0.2, 0) is 9.59 Å². The maximum atomic E-state index is 11.8. The van der Waals surface area contributed by atoms with E-state index in [0.29, 0.717) is 11.4 Å². The van der Waals surface area contributed by atoms with Crippen molar-refractivity contribution in [3.05, 3.63) is 10.7 Å². The summed E-state index contributed by atoms with van der Waals surface area (Å²) in [6.07, 6.45) is 0.550. The van der Waals surface area contributed by atoms with E-state index in [2.05, 4.69) is 20.9 Å². The Balaban J connectivity index is 1.93. The Hall–Kier alpha value is -1.96. The van der Waals surface area contributed by atoms with E-state index in [1.807, 2.05) is 6.92 Å². The number of hydrogen-bond donors (Lipinski definition) is 3. The number of imide groups is 1. The van der Waals surface area contributed by atoms with Gasteiger partial charge >= 0.3 is 6.03 Å². The molecule has 0 aliphatic carbocycles. The number of carbonyl (C=O) groups excluding carboxylic acids is 3. The predicted molar refractivity (Wildman–Crippen MR) is 69.9 cm³/mol. The van der Waals surface area contributed by atoms with Gasteiger partial charge in [-0.05, 0) is 20.3 Å². The molecule has 0 saturated carbocycles. The Bertz CT molecular complexity index is 540. The molecule has 1 aromatic heterocycles. The topological polar surface area (TPSA) is 100 Å². The fraction of sp³-hybridized carbons (Fsp3) is 0.455. The second kappa shape index (κ2) is 5.35. The molecule has 1 aromatic rings. The van der Waals surface area contributed by atoms with Crippen molar-refractivity contribution in [2.24, 2.45) is 0 Å². The molecule has 0 aromatic carbocycles. The van der Waals surface area contributed by atoms with Crippen LogP contribution in [0.2, 0.25) is 0 Å². The van der Waals surface area contributed by atoms with Gasteiger partial charge in [-0.3, -0.25) is 20.2 Å². The molecule has 0 spiro atoms. The summed E-state index contributed by atoms with van der Waals surface area (Å²) in [5, 5.41) is 8.88. The van der Waals surface area contributed by atoms with Gasteiger partial charge in [0.25, 0.3) is 0 Å². The molecule has 8 heteroatoms. The number of rotatable bonds is 2. The molecule has 4 amide bonds. The number of anilines is 1. The Morgan fingerprint density at radius 1 is 1.42 bits per heavy atom. The van der Waals surface area contributed by atoms with Gasteiger partial charge < -0.3 is 5.32 Å². The van der Waals surface area contributed by atoms with Crippen LogP contribution in [0.4, 0.5) is 9.80 Å². The third-order valence-corrected chi connectivity index (χ3v) is 3.66. The number of nitrogens with one attached hydrogen (secondary N) is 3.